The van der Waals surface area contributed by atoms with Gasteiger partial charge in [-0.1, -0.05) is 12.1 Å². The summed E-state index contributed by atoms with van der Waals surface area (Å²) in [6.45, 7) is 0. The Morgan fingerprint density at radius 2 is 2.24 bits per heavy atom. The molecule has 0 radical (unpaired) electrons. The summed E-state index contributed by atoms with van der Waals surface area (Å²) >= 11 is 0. The molecule has 0 amide bonds. The number of carbonyl (C=O) groups is 1. The quantitative estimate of drug-likeness (QED) is 0.800. The normalized spacial score (nSPS) is 22.1. The third kappa shape index (κ3) is 2.13. The predicted octanol–water partition coefficient (Wildman–Crippen LogP) is 1.23. The summed E-state index contributed by atoms with van der Waals surface area (Å²) in [5, 5.41) is 0. The Balaban J connectivity index is 2.34. The van der Waals surface area contributed by atoms with Crippen molar-refractivity contribution in [2.75, 3.05) is 14.2 Å². The molecule has 2 rings (SSSR count). The van der Waals surface area contributed by atoms with Crippen molar-refractivity contribution < 1.29 is 14.3 Å². The van der Waals surface area contributed by atoms with Crippen LogP contribution in [0.3, 0.4) is 0 Å². The number of hydrogen-bond acceptors (Lipinski definition) is 4. The molecule has 0 aliphatic heterocycles. The standard InChI is InChI=1S/C13H17NO3/c1-16-11-5-3-4-8-6-10(14)9(13(8)11)7-12(15)17-2/h3-5,9-10H,6-7,14H2,1-2H3. The molecule has 0 fully saturated rings. The number of carbonyl (C=O) groups excluding carboxylic acids is 1. The van der Waals surface area contributed by atoms with Gasteiger partial charge in [-0.2, -0.15) is 0 Å². The molecule has 0 aromatic heterocycles. The van der Waals surface area contributed by atoms with Gasteiger partial charge in [0.1, 0.15) is 5.75 Å². The largest absolute Gasteiger partial charge is 0.496 e. The first-order chi connectivity index (χ1) is 8.17. The van der Waals surface area contributed by atoms with Crippen LogP contribution in [0.1, 0.15) is 23.5 Å². The van der Waals surface area contributed by atoms with Crippen molar-refractivity contribution in [2.45, 2.75) is 24.8 Å². The second-order valence-electron chi connectivity index (χ2n) is 4.29. The van der Waals surface area contributed by atoms with Crippen LogP contribution < -0.4 is 10.5 Å². The molecule has 92 valence electrons. The highest BCUT2D eigenvalue weighted by Crippen LogP contribution is 2.40. The van der Waals surface area contributed by atoms with E-state index in [4.69, 9.17) is 15.2 Å². The van der Waals surface area contributed by atoms with Crippen molar-refractivity contribution in [3.8, 4) is 5.75 Å². The zero-order chi connectivity index (χ0) is 12.4. The second kappa shape index (κ2) is 4.75. The summed E-state index contributed by atoms with van der Waals surface area (Å²) in [4.78, 5) is 11.4. The monoisotopic (exact) mass is 235 g/mol. The number of benzene rings is 1. The number of hydrogen-bond donors (Lipinski definition) is 1. The maximum Gasteiger partial charge on any atom is 0.306 e. The van der Waals surface area contributed by atoms with Crippen molar-refractivity contribution in [3.63, 3.8) is 0 Å². The molecule has 1 aromatic carbocycles. The number of methoxy groups -OCH3 is 2. The number of fused-ring (bicyclic) bond motifs is 1. The van der Waals surface area contributed by atoms with Crippen LogP contribution in [-0.4, -0.2) is 26.2 Å². The van der Waals surface area contributed by atoms with E-state index in [1.54, 1.807) is 7.11 Å². The van der Waals surface area contributed by atoms with Crippen LogP contribution in [0.2, 0.25) is 0 Å². The molecule has 1 aliphatic carbocycles. The van der Waals surface area contributed by atoms with Gasteiger partial charge in [0.2, 0.25) is 0 Å². The molecule has 4 nitrogen and oxygen atoms in total. The maximum atomic E-state index is 11.4. The minimum absolute atomic E-state index is 0.00593. The first-order valence-electron chi connectivity index (χ1n) is 5.65. The molecule has 1 aliphatic rings. The van der Waals surface area contributed by atoms with Gasteiger partial charge >= 0.3 is 5.97 Å². The number of esters is 1. The summed E-state index contributed by atoms with van der Waals surface area (Å²) in [6.07, 6.45) is 1.10. The summed E-state index contributed by atoms with van der Waals surface area (Å²) in [7, 11) is 3.03. The summed E-state index contributed by atoms with van der Waals surface area (Å²) in [6, 6.07) is 5.85. The first-order valence-corrected chi connectivity index (χ1v) is 5.65. The van der Waals surface area contributed by atoms with Crippen LogP contribution in [0.4, 0.5) is 0 Å². The highest BCUT2D eigenvalue weighted by atomic mass is 16.5. The van der Waals surface area contributed by atoms with Crippen molar-refractivity contribution >= 4 is 5.97 Å². The summed E-state index contributed by atoms with van der Waals surface area (Å²) in [5.74, 6) is 0.571. The van der Waals surface area contributed by atoms with Crippen LogP contribution in [0, 0.1) is 0 Å². The van der Waals surface area contributed by atoms with Crippen LogP contribution in [0.15, 0.2) is 18.2 Å². The second-order valence-corrected chi connectivity index (χ2v) is 4.29. The molecule has 0 spiro atoms. The minimum Gasteiger partial charge on any atom is -0.496 e. The van der Waals surface area contributed by atoms with Gasteiger partial charge in [-0.05, 0) is 18.1 Å². The fraction of sp³-hybridized carbons (Fsp3) is 0.462. The Hall–Kier alpha value is -1.55. The SMILES string of the molecule is COC(=O)CC1c2c(cccc2OC)CC1N. The van der Waals surface area contributed by atoms with E-state index in [0.29, 0.717) is 6.42 Å². The lowest BCUT2D eigenvalue weighted by Crippen LogP contribution is -2.27. The lowest BCUT2D eigenvalue weighted by atomic mass is 9.94. The molecule has 0 saturated heterocycles. The molecule has 17 heavy (non-hydrogen) atoms. The van der Waals surface area contributed by atoms with Gasteiger partial charge in [0, 0.05) is 17.5 Å². The van der Waals surface area contributed by atoms with E-state index in [-0.39, 0.29) is 17.9 Å². The van der Waals surface area contributed by atoms with Crippen molar-refractivity contribution in [1.82, 2.24) is 0 Å². The lowest BCUT2D eigenvalue weighted by Gasteiger charge is -2.17. The molecule has 2 unspecified atom stereocenters. The fourth-order valence-electron chi connectivity index (χ4n) is 2.49. The topological polar surface area (TPSA) is 61.5 Å². The van der Waals surface area contributed by atoms with Gasteiger partial charge in [-0.25, -0.2) is 0 Å². The van der Waals surface area contributed by atoms with Crippen LogP contribution in [0.5, 0.6) is 5.75 Å². The van der Waals surface area contributed by atoms with Crippen molar-refractivity contribution in [2.24, 2.45) is 5.73 Å². The molecular formula is C13H17NO3. The number of ether oxygens (including phenoxy) is 2. The van der Waals surface area contributed by atoms with Gasteiger partial charge in [0.15, 0.2) is 0 Å². The van der Waals surface area contributed by atoms with Gasteiger partial charge in [-0.3, -0.25) is 4.79 Å². The van der Waals surface area contributed by atoms with Crippen molar-refractivity contribution in [1.29, 1.82) is 0 Å². The average molecular weight is 235 g/mol. The smallest absolute Gasteiger partial charge is 0.306 e. The number of nitrogens with two attached hydrogens (primary N) is 1. The molecule has 0 heterocycles. The Morgan fingerprint density at radius 3 is 2.88 bits per heavy atom. The van der Waals surface area contributed by atoms with E-state index in [1.165, 1.54) is 12.7 Å². The van der Waals surface area contributed by atoms with E-state index < -0.39 is 0 Å². The third-order valence-corrected chi connectivity index (χ3v) is 3.33. The number of rotatable bonds is 3. The molecule has 2 atom stereocenters. The average Bonchev–Trinajstić information content (AvgIpc) is 2.65. The Labute approximate surface area is 101 Å². The molecule has 4 heteroatoms. The molecule has 2 N–H and O–H groups in total. The maximum absolute atomic E-state index is 11.4. The van der Waals surface area contributed by atoms with Crippen LogP contribution >= 0.6 is 0 Å². The van der Waals surface area contributed by atoms with Gasteiger partial charge in [-0.15, -0.1) is 0 Å². The zero-order valence-corrected chi connectivity index (χ0v) is 10.1. The summed E-state index contributed by atoms with van der Waals surface area (Å²) < 4.78 is 10.1. The van der Waals surface area contributed by atoms with Crippen molar-refractivity contribution in [3.05, 3.63) is 29.3 Å². The fourth-order valence-corrected chi connectivity index (χ4v) is 2.49. The van der Waals surface area contributed by atoms with E-state index in [9.17, 15) is 4.79 Å². The molecule has 1 aromatic rings. The van der Waals surface area contributed by atoms with E-state index in [1.807, 2.05) is 18.2 Å². The Kier molecular flexibility index (Phi) is 3.33. The lowest BCUT2D eigenvalue weighted by molar-refractivity contribution is -0.141. The first kappa shape index (κ1) is 11.9. The van der Waals surface area contributed by atoms with E-state index in [0.717, 1.165) is 17.7 Å². The van der Waals surface area contributed by atoms with Gasteiger partial charge < -0.3 is 15.2 Å². The predicted molar refractivity (Wildman–Crippen MR) is 64.0 cm³/mol. The zero-order valence-electron chi connectivity index (χ0n) is 10.1. The Morgan fingerprint density at radius 1 is 1.47 bits per heavy atom. The molecule has 0 bridgehead atoms. The van der Waals surface area contributed by atoms with E-state index >= 15 is 0 Å². The third-order valence-electron chi connectivity index (χ3n) is 3.33. The minimum atomic E-state index is -0.232. The highest BCUT2D eigenvalue weighted by molar-refractivity contribution is 5.71. The highest BCUT2D eigenvalue weighted by Gasteiger charge is 2.34. The molecular weight excluding hydrogens is 218 g/mol. The van der Waals surface area contributed by atoms with Crippen LogP contribution in [-0.2, 0) is 16.0 Å². The van der Waals surface area contributed by atoms with Crippen LogP contribution in [0.25, 0.3) is 0 Å². The van der Waals surface area contributed by atoms with Gasteiger partial charge in [0.25, 0.3) is 0 Å². The van der Waals surface area contributed by atoms with Gasteiger partial charge in [0.05, 0.1) is 20.6 Å². The Bertz CT molecular complexity index is 431. The van der Waals surface area contributed by atoms with E-state index in [2.05, 4.69) is 0 Å². The molecule has 0 saturated carbocycles. The summed E-state index contributed by atoms with van der Waals surface area (Å²) in [5.41, 5.74) is 8.33.